The van der Waals surface area contributed by atoms with Crippen LogP contribution in [0, 0.1) is 23.2 Å². The third-order valence-corrected chi connectivity index (χ3v) is 19.4. The number of carbonyl (C=O) groups is 5. The number of amides is 4. The van der Waals surface area contributed by atoms with Crippen LogP contribution in [0.1, 0.15) is 136 Å². The van der Waals surface area contributed by atoms with Crippen molar-refractivity contribution in [2.45, 2.75) is 216 Å². The molecule has 3 aliphatic heterocycles. The van der Waals surface area contributed by atoms with Crippen molar-refractivity contribution in [2.75, 3.05) is 205 Å². The van der Waals surface area contributed by atoms with E-state index in [9.17, 15) is 69.9 Å². The Hall–Kier alpha value is -3.53. The van der Waals surface area contributed by atoms with E-state index >= 15 is 0 Å². The van der Waals surface area contributed by atoms with Crippen molar-refractivity contribution in [3.05, 3.63) is 0 Å². The Bertz CT molecular complexity index is 2190. The second-order valence-corrected chi connectivity index (χ2v) is 28.4. The zero-order valence-electron chi connectivity index (χ0n) is 65.4. The summed E-state index contributed by atoms with van der Waals surface area (Å²) in [5.74, 6) is -3.21. The summed E-state index contributed by atoms with van der Waals surface area (Å²) in [5, 5.41) is 101. The molecule has 1 aliphatic carbocycles. The first kappa shape index (κ1) is 98.8. The van der Waals surface area contributed by atoms with Crippen molar-refractivity contribution < 1.29 is 150 Å². The highest BCUT2D eigenvalue weighted by atomic mass is 16.7. The smallest absolute Gasteiger partial charge is 0.222 e. The maximum absolute atomic E-state index is 14.1. The molecular weight excluding hydrogens is 1450 g/mol. The first-order valence-electron chi connectivity index (χ1n) is 39.7. The highest BCUT2D eigenvalue weighted by Gasteiger charge is 2.45. The van der Waals surface area contributed by atoms with Crippen LogP contribution in [0.2, 0.25) is 0 Å². The number of rotatable bonds is 68. The second kappa shape index (κ2) is 60.0. The number of aliphatic hydroxyl groups excluding tert-OH is 9. The van der Waals surface area contributed by atoms with E-state index in [0.717, 1.165) is 70.6 Å². The molecule has 0 aromatic heterocycles. The number of hydrogen-bond donors (Lipinski definition) is 14. The van der Waals surface area contributed by atoms with Gasteiger partial charge in [-0.2, -0.15) is 0 Å². The van der Waals surface area contributed by atoms with Crippen LogP contribution >= 0.6 is 0 Å². The summed E-state index contributed by atoms with van der Waals surface area (Å²) < 4.78 is 97.8. The number of unbranched alkanes of at least 4 members (excludes halogenated alkanes) is 7. The predicted octanol–water partition coefficient (Wildman–Crippen LogP) is -1.85. The van der Waals surface area contributed by atoms with E-state index in [1.807, 2.05) is 0 Å². The van der Waals surface area contributed by atoms with Crippen LogP contribution in [0.5, 0.6) is 0 Å². The number of nitrogens with two attached hydrogens (primary N) is 1. The summed E-state index contributed by atoms with van der Waals surface area (Å²) in [6, 6.07) is 0. The molecule has 15 N–H and O–H groups in total. The number of nitrogens with one attached hydrogen (secondary N) is 4. The fraction of sp³-hybridized carbons (Fsp3) is 0.932. The molecule has 1 saturated carbocycles. The van der Waals surface area contributed by atoms with Gasteiger partial charge in [0.25, 0.3) is 0 Å². The molecule has 4 aliphatic rings. The van der Waals surface area contributed by atoms with Gasteiger partial charge in [-0.25, -0.2) is 0 Å². The average molecular weight is 1590 g/mol. The van der Waals surface area contributed by atoms with Crippen LogP contribution in [-0.4, -0.2) is 359 Å². The molecular formula is C74H137N5O31. The molecule has 4 fully saturated rings. The van der Waals surface area contributed by atoms with E-state index < -0.39 is 123 Å². The summed E-state index contributed by atoms with van der Waals surface area (Å²) in [5.41, 5.74) is 4.53. The predicted molar refractivity (Wildman–Crippen MR) is 392 cm³/mol. The van der Waals surface area contributed by atoms with Gasteiger partial charge in [-0.1, -0.05) is 59.3 Å². The molecule has 3 heterocycles. The topological polar surface area (TPSA) is 498 Å². The van der Waals surface area contributed by atoms with E-state index in [0.29, 0.717) is 39.1 Å². The zero-order chi connectivity index (χ0) is 80.0. The Morgan fingerprint density at radius 3 is 1.02 bits per heavy atom. The monoisotopic (exact) mass is 1590 g/mol. The first-order chi connectivity index (χ1) is 53.2. The molecule has 15 atom stereocenters. The van der Waals surface area contributed by atoms with Gasteiger partial charge in [0, 0.05) is 107 Å². The van der Waals surface area contributed by atoms with E-state index in [1.165, 1.54) is 0 Å². The fourth-order valence-corrected chi connectivity index (χ4v) is 12.7. The Labute approximate surface area is 648 Å². The van der Waals surface area contributed by atoms with Crippen molar-refractivity contribution in [3.63, 3.8) is 0 Å². The molecule has 0 spiro atoms. The first-order valence-corrected chi connectivity index (χ1v) is 39.7. The molecule has 0 bridgehead atoms. The van der Waals surface area contributed by atoms with Gasteiger partial charge in [0.15, 0.2) is 24.7 Å². The normalized spacial score (nSPS) is 26.0. The quantitative estimate of drug-likeness (QED) is 0.0235. The Balaban J connectivity index is 1.24. The number of Topliss-reactive ketones (excluding diaryl/α,β-unsaturated/α-hetero) is 1. The molecule has 0 aromatic rings. The fourth-order valence-electron chi connectivity index (χ4n) is 12.7. The molecule has 4 rings (SSSR count). The van der Waals surface area contributed by atoms with Crippen molar-refractivity contribution in [1.29, 1.82) is 0 Å². The summed E-state index contributed by atoms with van der Waals surface area (Å²) in [6.07, 6.45) is -1.14. The molecule has 0 radical (unpaired) electrons. The largest absolute Gasteiger partial charge is 0.394 e. The molecule has 36 heteroatoms. The average Bonchev–Trinajstić information content (AvgIpc) is 1.04. The number of aliphatic hydroxyl groups is 9. The van der Waals surface area contributed by atoms with Gasteiger partial charge in [-0.3, -0.25) is 24.0 Å². The van der Waals surface area contributed by atoms with E-state index in [-0.39, 0.29) is 220 Å². The molecule has 110 heavy (non-hydrogen) atoms. The van der Waals surface area contributed by atoms with Crippen LogP contribution in [0.15, 0.2) is 0 Å². The van der Waals surface area contributed by atoms with Crippen molar-refractivity contribution >= 4 is 29.4 Å². The highest BCUT2D eigenvalue weighted by Crippen LogP contribution is 2.35. The molecule has 15 unspecified atom stereocenters. The minimum absolute atomic E-state index is 0.00514. The van der Waals surface area contributed by atoms with Gasteiger partial charge in [0.2, 0.25) is 23.6 Å². The van der Waals surface area contributed by atoms with Crippen LogP contribution < -0.4 is 27.0 Å². The van der Waals surface area contributed by atoms with Gasteiger partial charge in [-0.15, -0.1) is 0 Å². The van der Waals surface area contributed by atoms with E-state index in [2.05, 4.69) is 21.3 Å². The van der Waals surface area contributed by atoms with Gasteiger partial charge in [0.1, 0.15) is 42.4 Å². The van der Waals surface area contributed by atoms with Gasteiger partial charge in [-0.05, 0) is 25.7 Å². The molecule has 3 saturated heterocycles. The molecule has 36 nitrogen and oxygen atoms in total. The SMILES string of the molecule is CC1C(OCCOCCOCCNC(=O)CCOCC(COCCC(=O)NCCOCCOCCOC2OC(CO)C(O)C(O)C2C)(COCCC(=O)NCCOCCOCCOC2OC(CO)C(O)C(O)C2C)CC(=O)CCCCCCCCCCC(=O)NCCOC2(OCCN)CCCC2)OC(CO)C(O)C1O. The summed E-state index contributed by atoms with van der Waals surface area (Å²) in [7, 11) is 0. The third kappa shape index (κ3) is 40.8. The summed E-state index contributed by atoms with van der Waals surface area (Å²) in [6.45, 7) is 8.38. The lowest BCUT2D eigenvalue weighted by Gasteiger charge is -2.40. The van der Waals surface area contributed by atoms with E-state index in [1.54, 1.807) is 20.8 Å². The zero-order valence-corrected chi connectivity index (χ0v) is 65.4. The van der Waals surface area contributed by atoms with Gasteiger partial charge in [0.05, 0.1) is 190 Å². The molecule has 4 amide bonds. The number of carbonyl (C=O) groups excluding carboxylic acids is 5. The van der Waals surface area contributed by atoms with Gasteiger partial charge >= 0.3 is 0 Å². The molecule has 644 valence electrons. The minimum Gasteiger partial charge on any atom is -0.394 e. The Morgan fingerprint density at radius 1 is 0.373 bits per heavy atom. The lowest BCUT2D eigenvalue weighted by atomic mass is 9.84. The summed E-state index contributed by atoms with van der Waals surface area (Å²) >= 11 is 0. The van der Waals surface area contributed by atoms with Crippen molar-refractivity contribution in [3.8, 4) is 0 Å². The van der Waals surface area contributed by atoms with Crippen LogP contribution in [0.3, 0.4) is 0 Å². The summed E-state index contributed by atoms with van der Waals surface area (Å²) in [4.78, 5) is 65.7. The second-order valence-electron chi connectivity index (χ2n) is 28.4. The number of ether oxygens (including phenoxy) is 17. The van der Waals surface area contributed by atoms with Crippen LogP contribution in [-0.2, 0) is 104 Å². The van der Waals surface area contributed by atoms with E-state index in [4.69, 9.17) is 86.3 Å². The Morgan fingerprint density at radius 2 is 0.673 bits per heavy atom. The van der Waals surface area contributed by atoms with Gasteiger partial charge < -0.3 is 153 Å². The maximum atomic E-state index is 14.1. The standard InChI is InChI=1S/C74H137N5O31/c1-53-64(88)67(91)57(47-80)108-70(53)103-43-40-97-37-34-94-30-22-76-61(85)16-26-100-50-73(51-101-27-17-62(86)77-23-31-95-35-38-98-41-44-104-71-54(2)65(89)68(92)58(48-81)109-71,52-102-28-18-63(87)78-24-32-96-36-39-99-42-45-105-72-55(3)66(90)69(93)59(49-82)110-72)46-56(83)14-10-8-6-4-5-7-9-11-15-60(84)79-25-33-107-74(106-29-21-75)19-12-13-20-74/h53-55,57-59,64-72,80-82,88-93H,4-52,75H2,1-3H3,(H,76,85)(H,77,86)(H,78,87)(H,79,84). The number of ketones is 1. The lowest BCUT2D eigenvalue weighted by molar-refractivity contribution is -0.284. The van der Waals surface area contributed by atoms with Crippen LogP contribution in [0.4, 0.5) is 0 Å². The Kier molecular flexibility index (Phi) is 53.9. The van der Waals surface area contributed by atoms with Crippen LogP contribution in [0.25, 0.3) is 0 Å². The third-order valence-electron chi connectivity index (χ3n) is 19.4. The minimum atomic E-state index is -1.23. The number of hydrogen-bond acceptors (Lipinski definition) is 32. The lowest BCUT2D eigenvalue weighted by Crippen LogP contribution is -2.55. The molecule has 0 aromatic carbocycles. The maximum Gasteiger partial charge on any atom is 0.222 e. The highest BCUT2D eigenvalue weighted by molar-refractivity contribution is 5.79. The van der Waals surface area contributed by atoms with Crippen molar-refractivity contribution in [1.82, 2.24) is 21.3 Å². The van der Waals surface area contributed by atoms with Crippen molar-refractivity contribution in [2.24, 2.45) is 28.9 Å².